The van der Waals surface area contributed by atoms with Crippen LogP contribution < -0.4 is 25.6 Å². The minimum atomic E-state index is -4.86. The largest absolute Gasteiger partial charge is 0.573 e. The number of halogens is 3. The van der Waals surface area contributed by atoms with E-state index in [1.165, 1.54) is 18.2 Å². The van der Waals surface area contributed by atoms with Gasteiger partial charge in [-0.3, -0.25) is 4.79 Å². The van der Waals surface area contributed by atoms with E-state index in [4.69, 9.17) is 0 Å². The Bertz CT molecular complexity index is 1130. The van der Waals surface area contributed by atoms with Gasteiger partial charge in [0.15, 0.2) is 0 Å². The minimum Gasteiger partial charge on any atom is -0.530 e. The normalized spacial score (nSPS) is 11.3. The molecule has 158 valence electrons. The van der Waals surface area contributed by atoms with Gasteiger partial charge in [-0.2, -0.15) is 0 Å². The van der Waals surface area contributed by atoms with Crippen LogP contribution in [0.4, 0.5) is 23.7 Å². The monoisotopic (exact) mass is 420 g/mol. The number of nitrogens with one attached hydrogen (secondary N) is 2. The summed E-state index contributed by atoms with van der Waals surface area (Å²) >= 11 is 0. The van der Waals surface area contributed by atoms with Crippen LogP contribution in [0.3, 0.4) is 0 Å². The molecule has 0 radical (unpaired) electrons. The van der Waals surface area contributed by atoms with Crippen LogP contribution in [-0.2, 0) is 0 Å². The van der Waals surface area contributed by atoms with Crippen molar-refractivity contribution in [2.75, 3.05) is 25.0 Å². The number of nitrogens with zero attached hydrogens (tertiary/aromatic N) is 1. The SMILES string of the molecule is CN(CCNC(=O)[O-])c1ccc2cc(-c3ccccc3OC(F)(F)F)[nH]c(=O)c2c1. The van der Waals surface area contributed by atoms with Crippen LogP contribution >= 0.6 is 0 Å². The summed E-state index contributed by atoms with van der Waals surface area (Å²) in [6.45, 7) is 0.486. The van der Waals surface area contributed by atoms with Gasteiger partial charge >= 0.3 is 6.36 Å². The van der Waals surface area contributed by atoms with Crippen LogP contribution in [0.15, 0.2) is 53.3 Å². The second-order valence-corrected chi connectivity index (χ2v) is 6.46. The number of para-hydroxylation sites is 1. The maximum Gasteiger partial charge on any atom is 0.573 e. The van der Waals surface area contributed by atoms with E-state index >= 15 is 0 Å². The molecule has 1 heterocycles. The zero-order valence-electron chi connectivity index (χ0n) is 15.7. The maximum atomic E-state index is 12.7. The molecule has 0 aliphatic heterocycles. The number of hydrogen-bond acceptors (Lipinski definition) is 5. The molecular formula is C20H17F3N3O4-. The van der Waals surface area contributed by atoms with Gasteiger partial charge < -0.3 is 29.8 Å². The third kappa shape index (κ3) is 5.02. The molecule has 0 aliphatic carbocycles. The van der Waals surface area contributed by atoms with Crippen molar-refractivity contribution in [3.63, 3.8) is 0 Å². The molecule has 0 spiro atoms. The minimum absolute atomic E-state index is 0.100. The van der Waals surface area contributed by atoms with E-state index in [1.807, 2.05) is 0 Å². The summed E-state index contributed by atoms with van der Waals surface area (Å²) in [6, 6.07) is 12.1. The summed E-state index contributed by atoms with van der Waals surface area (Å²) in [5.74, 6) is -0.420. The number of amides is 1. The van der Waals surface area contributed by atoms with Gasteiger partial charge in [0.1, 0.15) is 11.8 Å². The van der Waals surface area contributed by atoms with Crippen LogP contribution in [0.1, 0.15) is 0 Å². The highest BCUT2D eigenvalue weighted by atomic mass is 19.4. The summed E-state index contributed by atoms with van der Waals surface area (Å²) in [7, 11) is 1.73. The third-order valence-corrected chi connectivity index (χ3v) is 4.39. The zero-order chi connectivity index (χ0) is 21.9. The number of likely N-dealkylation sites (N-methyl/N-ethyl adjacent to an activating group) is 1. The van der Waals surface area contributed by atoms with Crippen molar-refractivity contribution in [1.29, 1.82) is 0 Å². The molecule has 1 aromatic heterocycles. The Morgan fingerprint density at radius 2 is 1.93 bits per heavy atom. The summed E-state index contributed by atoms with van der Waals surface area (Å²) in [5, 5.41) is 13.4. The third-order valence-electron chi connectivity index (χ3n) is 4.39. The number of carboxylic acid groups (broad SMARTS) is 1. The van der Waals surface area contributed by atoms with Crippen LogP contribution in [0.5, 0.6) is 5.75 Å². The predicted octanol–water partition coefficient (Wildman–Crippen LogP) is 2.46. The van der Waals surface area contributed by atoms with Gasteiger partial charge in [-0.15, -0.1) is 13.2 Å². The molecular weight excluding hydrogens is 403 g/mol. The lowest BCUT2D eigenvalue weighted by Crippen LogP contribution is -2.40. The molecule has 0 atom stereocenters. The first kappa shape index (κ1) is 21.0. The smallest absolute Gasteiger partial charge is 0.530 e. The van der Waals surface area contributed by atoms with Crippen molar-refractivity contribution in [3.8, 4) is 17.0 Å². The Morgan fingerprint density at radius 1 is 1.20 bits per heavy atom. The molecule has 3 rings (SSSR count). The topological polar surface area (TPSA) is 97.5 Å². The highest BCUT2D eigenvalue weighted by Crippen LogP contribution is 2.33. The van der Waals surface area contributed by atoms with Gasteiger partial charge in [-0.25, -0.2) is 0 Å². The standard InChI is InChI=1S/C20H18F3N3O4/c1-26(9-8-24-19(28)29)13-7-6-12-10-16(25-18(27)15(12)11-13)14-4-2-3-5-17(14)30-20(21,22)23/h2-7,10-11,24H,8-9H2,1H3,(H,25,27)(H,28,29)/p-1. The van der Waals surface area contributed by atoms with Crippen molar-refractivity contribution in [1.82, 2.24) is 10.3 Å². The number of ether oxygens (including phenoxy) is 1. The Hall–Kier alpha value is -3.69. The Morgan fingerprint density at radius 3 is 2.63 bits per heavy atom. The van der Waals surface area contributed by atoms with E-state index in [-0.39, 0.29) is 17.8 Å². The van der Waals surface area contributed by atoms with Gasteiger partial charge in [0.25, 0.3) is 5.56 Å². The predicted molar refractivity (Wildman–Crippen MR) is 103 cm³/mol. The van der Waals surface area contributed by atoms with Crippen LogP contribution in [0.2, 0.25) is 0 Å². The number of pyridine rings is 1. The van der Waals surface area contributed by atoms with Gasteiger partial charge in [0, 0.05) is 36.8 Å². The highest BCUT2D eigenvalue weighted by molar-refractivity contribution is 5.88. The average molecular weight is 420 g/mol. The summed E-state index contributed by atoms with van der Waals surface area (Å²) in [6.07, 6.45) is -6.24. The maximum absolute atomic E-state index is 12.7. The van der Waals surface area contributed by atoms with Crippen molar-refractivity contribution in [3.05, 3.63) is 58.9 Å². The molecule has 7 nitrogen and oxygen atoms in total. The van der Waals surface area contributed by atoms with Gasteiger partial charge in [0.05, 0.1) is 5.69 Å². The lowest BCUT2D eigenvalue weighted by molar-refractivity contribution is -0.274. The Kier molecular flexibility index (Phi) is 5.86. The molecule has 0 unspecified atom stereocenters. The number of hydrogen-bond donors (Lipinski definition) is 2. The first-order valence-corrected chi connectivity index (χ1v) is 8.82. The van der Waals surface area contributed by atoms with E-state index in [0.717, 1.165) is 0 Å². The number of fused-ring (bicyclic) bond motifs is 1. The Balaban J connectivity index is 1.94. The van der Waals surface area contributed by atoms with Crippen LogP contribution in [0.25, 0.3) is 22.0 Å². The molecule has 0 saturated heterocycles. The molecule has 30 heavy (non-hydrogen) atoms. The molecule has 0 fully saturated rings. The van der Waals surface area contributed by atoms with Crippen molar-refractivity contribution >= 4 is 22.6 Å². The van der Waals surface area contributed by atoms with E-state index in [0.29, 0.717) is 23.0 Å². The van der Waals surface area contributed by atoms with E-state index < -0.39 is 23.8 Å². The fraction of sp³-hybridized carbons (Fsp3) is 0.200. The zero-order valence-corrected chi connectivity index (χ0v) is 15.7. The van der Waals surface area contributed by atoms with Crippen molar-refractivity contribution < 1.29 is 27.8 Å². The number of aromatic amines is 1. The number of anilines is 1. The van der Waals surface area contributed by atoms with E-state index in [2.05, 4.69) is 15.0 Å². The molecule has 2 aromatic carbocycles. The fourth-order valence-corrected chi connectivity index (χ4v) is 2.99. The van der Waals surface area contributed by atoms with Gasteiger partial charge in [0.2, 0.25) is 0 Å². The molecule has 1 amide bonds. The molecule has 10 heteroatoms. The second kappa shape index (κ2) is 8.36. The quantitative estimate of drug-likeness (QED) is 0.639. The first-order valence-electron chi connectivity index (χ1n) is 8.82. The fourth-order valence-electron chi connectivity index (χ4n) is 2.99. The number of aromatic nitrogens is 1. The van der Waals surface area contributed by atoms with Gasteiger partial charge in [-0.05, 0) is 35.7 Å². The number of alkyl halides is 3. The van der Waals surface area contributed by atoms with Crippen LogP contribution in [0, 0.1) is 0 Å². The van der Waals surface area contributed by atoms with Crippen molar-refractivity contribution in [2.45, 2.75) is 6.36 Å². The van der Waals surface area contributed by atoms with E-state index in [9.17, 15) is 27.9 Å². The first-order chi connectivity index (χ1) is 14.1. The number of rotatable bonds is 6. The summed E-state index contributed by atoms with van der Waals surface area (Å²) in [4.78, 5) is 27.4. The van der Waals surface area contributed by atoms with Crippen molar-refractivity contribution in [2.24, 2.45) is 0 Å². The summed E-state index contributed by atoms with van der Waals surface area (Å²) in [5.41, 5.74) is 0.476. The highest BCUT2D eigenvalue weighted by Gasteiger charge is 2.32. The lowest BCUT2D eigenvalue weighted by Gasteiger charge is -2.20. The average Bonchev–Trinajstić information content (AvgIpc) is 2.66. The molecule has 3 aromatic rings. The number of benzene rings is 2. The molecule has 0 saturated carbocycles. The van der Waals surface area contributed by atoms with Gasteiger partial charge in [-0.1, -0.05) is 18.2 Å². The van der Waals surface area contributed by atoms with Crippen LogP contribution in [-0.4, -0.2) is 37.6 Å². The second-order valence-electron chi connectivity index (χ2n) is 6.46. The van der Waals surface area contributed by atoms with E-state index in [1.54, 1.807) is 42.3 Å². The molecule has 0 bridgehead atoms. The Labute approximate surface area is 168 Å². The number of carbonyl (C=O) groups is 1. The summed E-state index contributed by atoms with van der Waals surface area (Å²) < 4.78 is 42.1. The number of carbonyl (C=O) groups excluding carboxylic acids is 1. The molecule has 0 aliphatic rings. The lowest BCUT2D eigenvalue weighted by atomic mass is 10.1. The molecule has 2 N–H and O–H groups in total. The number of H-pyrrole nitrogens is 1.